The van der Waals surface area contributed by atoms with Gasteiger partial charge in [-0.05, 0) is 80.3 Å². The van der Waals surface area contributed by atoms with E-state index in [1.807, 2.05) is 88.4 Å². The first kappa shape index (κ1) is 33.7. The normalized spacial score (nSPS) is 12.6. The van der Waals surface area contributed by atoms with Crippen LogP contribution >= 0.6 is 11.6 Å². The van der Waals surface area contributed by atoms with Crippen LogP contribution in [-0.4, -0.2) is 43.8 Å². The summed E-state index contributed by atoms with van der Waals surface area (Å²) in [5.41, 5.74) is 3.95. The summed E-state index contributed by atoms with van der Waals surface area (Å²) in [5, 5.41) is 3.45. The van der Waals surface area contributed by atoms with E-state index in [0.717, 1.165) is 33.0 Å². The molecule has 4 rings (SSSR count). The first-order chi connectivity index (χ1) is 21.5. The van der Waals surface area contributed by atoms with Crippen molar-refractivity contribution in [3.05, 3.63) is 130 Å². The highest BCUT2D eigenvalue weighted by Crippen LogP contribution is 2.27. The van der Waals surface area contributed by atoms with Gasteiger partial charge in [-0.3, -0.25) is 13.9 Å². The number of amides is 2. The van der Waals surface area contributed by atoms with E-state index in [1.54, 1.807) is 18.2 Å². The van der Waals surface area contributed by atoms with Crippen molar-refractivity contribution in [3.63, 3.8) is 0 Å². The summed E-state index contributed by atoms with van der Waals surface area (Å²) in [7, 11) is -4.20. The summed E-state index contributed by atoms with van der Waals surface area (Å²) in [4.78, 5) is 29.9. The average Bonchev–Trinajstić information content (AvgIpc) is 3.02. The molecule has 0 spiro atoms. The molecule has 1 N–H and O–H groups in total. The number of nitrogens with zero attached hydrogens (tertiary/aromatic N) is 2. The minimum Gasteiger partial charge on any atom is -0.352 e. The van der Waals surface area contributed by atoms with Crippen molar-refractivity contribution in [1.82, 2.24) is 10.2 Å². The molecule has 4 aromatic carbocycles. The van der Waals surface area contributed by atoms with Crippen molar-refractivity contribution in [3.8, 4) is 0 Å². The van der Waals surface area contributed by atoms with Gasteiger partial charge in [0.2, 0.25) is 11.8 Å². The highest BCUT2D eigenvalue weighted by molar-refractivity contribution is 7.92. The van der Waals surface area contributed by atoms with Gasteiger partial charge in [0.1, 0.15) is 12.6 Å². The predicted octanol–water partition coefficient (Wildman–Crippen LogP) is 6.71. The number of hydrogen-bond acceptors (Lipinski definition) is 4. The monoisotopic (exact) mass is 645 g/mol. The summed E-state index contributed by atoms with van der Waals surface area (Å²) in [6.45, 7) is 7.34. The molecule has 2 atom stereocenters. The molecule has 0 bridgehead atoms. The Morgan fingerprint density at radius 1 is 0.822 bits per heavy atom. The molecule has 0 aromatic heterocycles. The molecule has 0 aliphatic carbocycles. The Hall–Kier alpha value is -4.14. The molecular formula is C36H40ClN3O4S. The summed E-state index contributed by atoms with van der Waals surface area (Å²) < 4.78 is 29.4. The molecule has 45 heavy (non-hydrogen) atoms. The minimum absolute atomic E-state index is 0.00152. The van der Waals surface area contributed by atoms with Gasteiger partial charge in [-0.15, -0.1) is 0 Å². The van der Waals surface area contributed by atoms with Crippen LogP contribution in [0.25, 0.3) is 0 Å². The van der Waals surface area contributed by atoms with Crippen LogP contribution < -0.4 is 9.62 Å². The van der Waals surface area contributed by atoms with Gasteiger partial charge < -0.3 is 10.2 Å². The van der Waals surface area contributed by atoms with Crippen LogP contribution in [0.5, 0.6) is 0 Å². The Morgan fingerprint density at radius 2 is 1.49 bits per heavy atom. The molecular weight excluding hydrogens is 606 g/mol. The quantitative estimate of drug-likeness (QED) is 0.175. The standard InChI is InChI=1S/C36H40ClN3O4S/c1-5-28(4)38-36(42)34(23-29-11-7-6-8-12-29)39(24-30-16-14-26(2)15-17-30)35(41)25-40(32-13-9-10-27(3)22-32)45(43,44)33-20-18-31(37)19-21-33/h6-22,28,34H,5,23-25H2,1-4H3,(H,38,42)/t28-,34-/m0/s1. The number of carbonyl (C=O) groups excluding carboxylic acids is 2. The molecule has 2 amide bonds. The number of aryl methyl sites for hydroxylation is 2. The van der Waals surface area contributed by atoms with E-state index in [4.69, 9.17) is 11.6 Å². The van der Waals surface area contributed by atoms with Crippen molar-refractivity contribution in [1.29, 1.82) is 0 Å². The Bertz CT molecular complexity index is 1690. The Balaban J connectivity index is 1.80. The Kier molecular flexibility index (Phi) is 11.4. The van der Waals surface area contributed by atoms with Crippen molar-refractivity contribution < 1.29 is 18.0 Å². The SMILES string of the molecule is CC[C@H](C)NC(=O)[C@H](Cc1ccccc1)N(Cc1ccc(C)cc1)C(=O)CN(c1cccc(C)c1)S(=O)(=O)c1ccc(Cl)cc1. The van der Waals surface area contributed by atoms with Crippen molar-refractivity contribution in [2.45, 2.75) is 64.1 Å². The van der Waals surface area contributed by atoms with Crippen molar-refractivity contribution in [2.24, 2.45) is 0 Å². The fraction of sp³-hybridized carbons (Fsp3) is 0.278. The van der Waals surface area contributed by atoms with Gasteiger partial charge in [0.25, 0.3) is 10.0 Å². The van der Waals surface area contributed by atoms with Gasteiger partial charge in [0, 0.05) is 24.0 Å². The zero-order chi connectivity index (χ0) is 32.6. The molecule has 0 aliphatic rings. The van der Waals surface area contributed by atoms with Crippen LogP contribution in [-0.2, 0) is 32.6 Å². The van der Waals surface area contributed by atoms with E-state index < -0.39 is 28.5 Å². The second kappa shape index (κ2) is 15.2. The van der Waals surface area contributed by atoms with E-state index in [0.29, 0.717) is 10.7 Å². The molecule has 4 aromatic rings. The molecule has 7 nitrogen and oxygen atoms in total. The Morgan fingerprint density at radius 3 is 2.11 bits per heavy atom. The molecule has 9 heteroatoms. The fourth-order valence-electron chi connectivity index (χ4n) is 4.93. The molecule has 0 saturated carbocycles. The highest BCUT2D eigenvalue weighted by atomic mass is 35.5. The third-order valence-corrected chi connectivity index (χ3v) is 9.76. The van der Waals surface area contributed by atoms with Crippen LogP contribution in [0, 0.1) is 13.8 Å². The Labute approximate surface area is 271 Å². The number of benzene rings is 4. The lowest BCUT2D eigenvalue weighted by atomic mass is 10.0. The number of nitrogens with one attached hydrogen (secondary N) is 1. The first-order valence-corrected chi connectivity index (χ1v) is 16.8. The van der Waals surface area contributed by atoms with Gasteiger partial charge in [-0.25, -0.2) is 8.42 Å². The lowest BCUT2D eigenvalue weighted by molar-refractivity contribution is -0.140. The van der Waals surface area contributed by atoms with Crippen LogP contribution in [0.2, 0.25) is 5.02 Å². The van der Waals surface area contributed by atoms with Crippen LogP contribution in [0.3, 0.4) is 0 Å². The van der Waals surface area contributed by atoms with Gasteiger partial charge in [-0.1, -0.05) is 90.8 Å². The number of hydrogen-bond donors (Lipinski definition) is 1. The minimum atomic E-state index is -4.20. The molecule has 0 heterocycles. The lowest BCUT2D eigenvalue weighted by Gasteiger charge is -2.34. The van der Waals surface area contributed by atoms with Crippen molar-refractivity contribution >= 4 is 39.1 Å². The van der Waals surface area contributed by atoms with Crippen molar-refractivity contribution in [2.75, 3.05) is 10.8 Å². The summed E-state index contributed by atoms with van der Waals surface area (Å²) >= 11 is 6.06. The third-order valence-electron chi connectivity index (χ3n) is 7.72. The maximum absolute atomic E-state index is 14.5. The van der Waals surface area contributed by atoms with E-state index in [-0.39, 0.29) is 29.8 Å². The van der Waals surface area contributed by atoms with Gasteiger partial charge >= 0.3 is 0 Å². The molecule has 236 valence electrons. The molecule has 0 radical (unpaired) electrons. The van der Waals surface area contributed by atoms with Gasteiger partial charge in [0.15, 0.2) is 0 Å². The molecule has 0 aliphatic heterocycles. The van der Waals surface area contributed by atoms with Gasteiger partial charge in [-0.2, -0.15) is 0 Å². The number of rotatable bonds is 13. The van der Waals surface area contributed by atoms with E-state index in [1.165, 1.54) is 29.2 Å². The topological polar surface area (TPSA) is 86.8 Å². The van der Waals surface area contributed by atoms with Crippen LogP contribution in [0.4, 0.5) is 5.69 Å². The molecule has 0 fully saturated rings. The fourth-order valence-corrected chi connectivity index (χ4v) is 6.46. The zero-order valence-electron chi connectivity index (χ0n) is 26.1. The lowest BCUT2D eigenvalue weighted by Crippen LogP contribution is -2.54. The maximum atomic E-state index is 14.5. The smallest absolute Gasteiger partial charge is 0.264 e. The molecule has 0 saturated heterocycles. The van der Waals surface area contributed by atoms with E-state index in [9.17, 15) is 18.0 Å². The number of halogens is 1. The summed E-state index contributed by atoms with van der Waals surface area (Å²) in [5.74, 6) is -0.800. The molecule has 0 unspecified atom stereocenters. The highest BCUT2D eigenvalue weighted by Gasteiger charge is 2.35. The summed E-state index contributed by atoms with van der Waals surface area (Å²) in [6, 6.07) is 29.1. The van der Waals surface area contributed by atoms with Crippen LogP contribution in [0.15, 0.2) is 108 Å². The summed E-state index contributed by atoms with van der Waals surface area (Å²) in [6.07, 6.45) is 0.977. The van der Waals surface area contributed by atoms with Gasteiger partial charge in [0.05, 0.1) is 10.6 Å². The average molecular weight is 646 g/mol. The van der Waals surface area contributed by atoms with E-state index >= 15 is 0 Å². The third kappa shape index (κ3) is 8.96. The van der Waals surface area contributed by atoms with Crippen LogP contribution in [0.1, 0.15) is 42.5 Å². The second-order valence-corrected chi connectivity index (χ2v) is 13.6. The predicted molar refractivity (Wildman–Crippen MR) is 181 cm³/mol. The second-order valence-electron chi connectivity index (χ2n) is 11.3. The first-order valence-electron chi connectivity index (χ1n) is 15.0. The number of carbonyl (C=O) groups is 2. The van der Waals surface area contributed by atoms with E-state index in [2.05, 4.69) is 5.32 Å². The maximum Gasteiger partial charge on any atom is 0.264 e. The number of sulfonamides is 1. The zero-order valence-corrected chi connectivity index (χ0v) is 27.7. The largest absolute Gasteiger partial charge is 0.352 e. The number of anilines is 1.